The van der Waals surface area contributed by atoms with Crippen LogP contribution in [0.1, 0.15) is 0 Å². The fourth-order valence-corrected chi connectivity index (χ4v) is 1.81. The molecule has 2 aromatic heterocycles. The molecule has 0 aliphatic heterocycles. The number of rotatable bonds is 1. The van der Waals surface area contributed by atoms with Crippen LogP contribution < -0.4 is 0 Å². The zero-order valence-corrected chi connectivity index (χ0v) is 8.14. The normalized spacial score (nSPS) is 10.7. The summed E-state index contributed by atoms with van der Waals surface area (Å²) >= 11 is 0. The molecule has 2 heteroatoms. The van der Waals surface area contributed by atoms with E-state index in [1.165, 1.54) is 10.9 Å². The van der Waals surface area contributed by atoms with Crippen LogP contribution in [0.3, 0.4) is 0 Å². The fourth-order valence-electron chi connectivity index (χ4n) is 1.81. The van der Waals surface area contributed by atoms with Crippen molar-refractivity contribution in [3.8, 4) is 11.3 Å². The molecule has 0 aliphatic rings. The minimum absolute atomic E-state index is 1.01. The summed E-state index contributed by atoms with van der Waals surface area (Å²) in [6, 6.07) is 14.3. The number of aromatic amines is 1. The van der Waals surface area contributed by atoms with Crippen LogP contribution in [-0.4, -0.2) is 9.97 Å². The van der Waals surface area contributed by atoms with Crippen LogP contribution in [0.4, 0.5) is 0 Å². The first-order chi connectivity index (χ1) is 7.45. The van der Waals surface area contributed by atoms with Crippen molar-refractivity contribution in [3.05, 3.63) is 54.9 Å². The van der Waals surface area contributed by atoms with Gasteiger partial charge in [0, 0.05) is 17.8 Å². The molecule has 0 spiro atoms. The van der Waals surface area contributed by atoms with Crippen molar-refractivity contribution < 1.29 is 0 Å². The van der Waals surface area contributed by atoms with Crippen molar-refractivity contribution in [1.82, 2.24) is 9.97 Å². The van der Waals surface area contributed by atoms with E-state index >= 15 is 0 Å². The summed E-state index contributed by atoms with van der Waals surface area (Å²) in [6.07, 6.45) is 3.75. The summed E-state index contributed by atoms with van der Waals surface area (Å²) < 4.78 is 0. The van der Waals surface area contributed by atoms with E-state index in [9.17, 15) is 0 Å². The topological polar surface area (TPSA) is 28.7 Å². The third kappa shape index (κ3) is 1.31. The van der Waals surface area contributed by atoms with E-state index in [4.69, 9.17) is 0 Å². The molecule has 72 valence electrons. The van der Waals surface area contributed by atoms with Crippen LogP contribution in [-0.2, 0) is 0 Å². The third-order valence-corrected chi connectivity index (χ3v) is 2.52. The number of pyridine rings is 1. The highest BCUT2D eigenvalue weighted by atomic mass is 14.8. The average molecular weight is 194 g/mol. The molecular formula is C13H10N2. The number of nitrogens with zero attached hydrogens (tertiary/aromatic N) is 1. The Morgan fingerprint density at radius 3 is 2.67 bits per heavy atom. The van der Waals surface area contributed by atoms with Crippen molar-refractivity contribution in [3.63, 3.8) is 0 Å². The molecule has 15 heavy (non-hydrogen) atoms. The molecule has 0 amide bonds. The molecule has 1 N–H and O–H groups in total. The molecule has 0 unspecified atom stereocenters. The Morgan fingerprint density at radius 1 is 0.933 bits per heavy atom. The lowest BCUT2D eigenvalue weighted by Gasteiger charge is -1.98. The molecule has 2 heterocycles. The van der Waals surface area contributed by atoms with E-state index in [-0.39, 0.29) is 0 Å². The van der Waals surface area contributed by atoms with Gasteiger partial charge in [0.25, 0.3) is 0 Å². The Kier molecular flexibility index (Phi) is 1.78. The molecule has 0 bridgehead atoms. The molecule has 0 radical (unpaired) electrons. The van der Waals surface area contributed by atoms with E-state index in [0.717, 1.165) is 11.2 Å². The number of aromatic nitrogens is 2. The van der Waals surface area contributed by atoms with Gasteiger partial charge in [-0.05, 0) is 17.7 Å². The third-order valence-electron chi connectivity index (χ3n) is 2.52. The standard InChI is InChI=1S/C13H10N2/c1-2-5-10(6-3-1)13-11-7-4-8-14-12(11)9-15-13/h1-9,15H. The van der Waals surface area contributed by atoms with Gasteiger partial charge >= 0.3 is 0 Å². The van der Waals surface area contributed by atoms with Gasteiger partial charge in [0.05, 0.1) is 11.2 Å². The Labute approximate surface area is 87.6 Å². The fraction of sp³-hybridized carbons (Fsp3) is 0. The van der Waals surface area contributed by atoms with E-state index < -0.39 is 0 Å². The Hall–Kier alpha value is -2.09. The minimum Gasteiger partial charge on any atom is -0.359 e. The molecule has 2 nitrogen and oxygen atoms in total. The zero-order valence-electron chi connectivity index (χ0n) is 8.14. The maximum Gasteiger partial charge on any atom is 0.0882 e. The molecule has 3 rings (SSSR count). The maximum atomic E-state index is 4.30. The number of hydrogen-bond acceptors (Lipinski definition) is 1. The predicted octanol–water partition coefficient (Wildman–Crippen LogP) is 3.23. The first-order valence-electron chi connectivity index (χ1n) is 4.93. The summed E-state index contributed by atoms with van der Waals surface area (Å²) in [4.78, 5) is 7.56. The van der Waals surface area contributed by atoms with Crippen molar-refractivity contribution in [2.75, 3.05) is 0 Å². The zero-order chi connectivity index (χ0) is 10.1. The van der Waals surface area contributed by atoms with Crippen molar-refractivity contribution in [1.29, 1.82) is 0 Å². The van der Waals surface area contributed by atoms with E-state index in [2.05, 4.69) is 28.2 Å². The van der Waals surface area contributed by atoms with Crippen LogP contribution >= 0.6 is 0 Å². The van der Waals surface area contributed by atoms with Crippen LogP contribution in [0.5, 0.6) is 0 Å². The van der Waals surface area contributed by atoms with Crippen molar-refractivity contribution in [2.24, 2.45) is 0 Å². The Balaban J connectivity index is 2.28. The minimum atomic E-state index is 1.01. The highest BCUT2D eigenvalue weighted by Crippen LogP contribution is 2.25. The molecule has 0 saturated carbocycles. The van der Waals surface area contributed by atoms with Crippen LogP contribution in [0.25, 0.3) is 22.2 Å². The summed E-state index contributed by atoms with van der Waals surface area (Å²) in [5.74, 6) is 0. The number of benzene rings is 1. The van der Waals surface area contributed by atoms with Gasteiger partial charge in [-0.15, -0.1) is 0 Å². The molecule has 0 saturated heterocycles. The SMILES string of the molecule is c1ccc(-c2[nH]cc3ncccc23)cc1. The highest BCUT2D eigenvalue weighted by molar-refractivity contribution is 5.93. The average Bonchev–Trinajstić information content (AvgIpc) is 2.74. The molecule has 1 aromatic carbocycles. The molecule has 0 fully saturated rings. The monoisotopic (exact) mass is 194 g/mol. The highest BCUT2D eigenvalue weighted by Gasteiger charge is 2.04. The summed E-state index contributed by atoms with van der Waals surface area (Å²) in [6.45, 7) is 0. The Bertz CT molecular complexity index is 582. The second kappa shape index (κ2) is 3.24. The second-order valence-corrected chi connectivity index (χ2v) is 3.47. The van der Waals surface area contributed by atoms with Gasteiger partial charge in [-0.25, -0.2) is 0 Å². The summed E-state index contributed by atoms with van der Waals surface area (Å²) in [5.41, 5.74) is 3.34. The first-order valence-corrected chi connectivity index (χ1v) is 4.93. The first kappa shape index (κ1) is 8.24. The van der Waals surface area contributed by atoms with Gasteiger partial charge in [0.1, 0.15) is 0 Å². The van der Waals surface area contributed by atoms with Gasteiger partial charge in [-0.3, -0.25) is 4.98 Å². The largest absolute Gasteiger partial charge is 0.359 e. The van der Waals surface area contributed by atoms with Crippen molar-refractivity contribution in [2.45, 2.75) is 0 Å². The second-order valence-electron chi connectivity index (χ2n) is 3.47. The van der Waals surface area contributed by atoms with Crippen molar-refractivity contribution >= 4 is 10.9 Å². The number of fused-ring (bicyclic) bond motifs is 1. The lowest BCUT2D eigenvalue weighted by atomic mass is 10.1. The van der Waals surface area contributed by atoms with Gasteiger partial charge < -0.3 is 4.98 Å². The molecule has 0 atom stereocenters. The van der Waals surface area contributed by atoms with Gasteiger partial charge in [0.15, 0.2) is 0 Å². The lowest BCUT2D eigenvalue weighted by molar-refractivity contribution is 1.38. The molecule has 0 aliphatic carbocycles. The van der Waals surface area contributed by atoms with Crippen LogP contribution in [0.15, 0.2) is 54.9 Å². The predicted molar refractivity (Wildman–Crippen MR) is 61.5 cm³/mol. The van der Waals surface area contributed by atoms with Crippen LogP contribution in [0, 0.1) is 0 Å². The number of hydrogen-bond donors (Lipinski definition) is 1. The van der Waals surface area contributed by atoms with Gasteiger partial charge in [0.2, 0.25) is 0 Å². The van der Waals surface area contributed by atoms with Gasteiger partial charge in [-0.2, -0.15) is 0 Å². The summed E-state index contributed by atoms with van der Waals surface area (Å²) in [7, 11) is 0. The maximum absolute atomic E-state index is 4.30. The van der Waals surface area contributed by atoms with Gasteiger partial charge in [-0.1, -0.05) is 30.3 Å². The summed E-state index contributed by atoms with van der Waals surface area (Å²) in [5, 5.41) is 1.17. The quantitative estimate of drug-likeness (QED) is 0.633. The molecule has 3 aromatic rings. The van der Waals surface area contributed by atoms with E-state index in [1.807, 2.05) is 36.7 Å². The lowest BCUT2D eigenvalue weighted by Crippen LogP contribution is -1.77. The Morgan fingerprint density at radius 2 is 1.80 bits per heavy atom. The van der Waals surface area contributed by atoms with E-state index in [1.54, 1.807) is 0 Å². The molecular weight excluding hydrogens is 184 g/mol. The van der Waals surface area contributed by atoms with Crippen LogP contribution in [0.2, 0.25) is 0 Å². The van der Waals surface area contributed by atoms with E-state index in [0.29, 0.717) is 0 Å². The number of nitrogens with one attached hydrogen (secondary N) is 1. The smallest absolute Gasteiger partial charge is 0.0882 e. The number of H-pyrrole nitrogens is 1.